The Kier molecular flexibility index (Phi) is 6.47. The number of carbonyl (C=O) groups is 1. The van der Waals surface area contributed by atoms with Crippen LogP contribution >= 0.6 is 23.4 Å². The van der Waals surface area contributed by atoms with Gasteiger partial charge >= 0.3 is 0 Å². The van der Waals surface area contributed by atoms with Crippen molar-refractivity contribution in [3.63, 3.8) is 0 Å². The number of amides is 1. The van der Waals surface area contributed by atoms with Gasteiger partial charge in [-0.15, -0.1) is 10.2 Å². The molecule has 0 bridgehead atoms. The zero-order valence-corrected chi connectivity index (χ0v) is 16.7. The molecule has 0 spiro atoms. The molecule has 6 nitrogen and oxygen atoms in total. The second kappa shape index (κ2) is 9.01. The number of thioether (sulfide) groups is 1. The van der Waals surface area contributed by atoms with E-state index in [0.29, 0.717) is 22.5 Å². The molecule has 0 aliphatic carbocycles. The Morgan fingerprint density at radius 3 is 2.74 bits per heavy atom. The Morgan fingerprint density at radius 2 is 2.00 bits per heavy atom. The van der Waals surface area contributed by atoms with Gasteiger partial charge in [-0.2, -0.15) is 0 Å². The lowest BCUT2D eigenvalue weighted by molar-refractivity contribution is -0.118. The third-order valence-electron chi connectivity index (χ3n) is 3.96. The number of benzene rings is 1. The van der Waals surface area contributed by atoms with E-state index in [9.17, 15) is 4.79 Å². The predicted octanol–water partition coefficient (Wildman–Crippen LogP) is 3.91. The van der Waals surface area contributed by atoms with E-state index in [0.717, 1.165) is 23.2 Å². The summed E-state index contributed by atoms with van der Waals surface area (Å²) in [6, 6.07) is 9.47. The fourth-order valence-electron chi connectivity index (χ4n) is 2.55. The number of nitrogens with zero attached hydrogens (tertiary/aromatic N) is 4. The fourth-order valence-corrected chi connectivity index (χ4v) is 3.50. The minimum absolute atomic E-state index is 0.0234. The van der Waals surface area contributed by atoms with Gasteiger partial charge in [0.05, 0.1) is 11.4 Å². The van der Waals surface area contributed by atoms with Gasteiger partial charge in [-0.3, -0.25) is 14.3 Å². The predicted molar refractivity (Wildman–Crippen MR) is 108 cm³/mol. The molecule has 0 atom stereocenters. The van der Waals surface area contributed by atoms with Gasteiger partial charge in [-0.05, 0) is 43.2 Å². The standard InChI is InChI=1S/C19H20ClN5OS/c1-3-9-22-17(26)12-27-19-24-23-18(14-7-10-21-11-8-14)25(19)16-6-4-5-15(20)13(16)2/h4-8,10-11H,3,9,12H2,1-2H3,(H,22,26). The van der Waals surface area contributed by atoms with Crippen molar-refractivity contribution in [3.8, 4) is 17.1 Å². The maximum Gasteiger partial charge on any atom is 0.230 e. The third-order valence-corrected chi connectivity index (χ3v) is 5.29. The third kappa shape index (κ3) is 4.48. The first-order valence-electron chi connectivity index (χ1n) is 8.62. The number of hydrogen-bond acceptors (Lipinski definition) is 5. The average molecular weight is 402 g/mol. The monoisotopic (exact) mass is 401 g/mol. The highest BCUT2D eigenvalue weighted by Crippen LogP contribution is 2.31. The molecular weight excluding hydrogens is 382 g/mol. The van der Waals surface area contributed by atoms with Gasteiger partial charge in [0, 0.05) is 29.5 Å². The van der Waals surface area contributed by atoms with E-state index in [2.05, 4.69) is 20.5 Å². The zero-order valence-electron chi connectivity index (χ0n) is 15.1. The molecule has 3 rings (SSSR count). The Labute approximate surface area is 167 Å². The molecule has 0 unspecified atom stereocenters. The van der Waals surface area contributed by atoms with Crippen LogP contribution in [0.5, 0.6) is 0 Å². The zero-order chi connectivity index (χ0) is 19.2. The number of halogens is 1. The lowest BCUT2D eigenvalue weighted by Crippen LogP contribution is -2.25. The average Bonchev–Trinajstić information content (AvgIpc) is 3.11. The van der Waals surface area contributed by atoms with E-state index >= 15 is 0 Å². The van der Waals surface area contributed by atoms with E-state index in [1.807, 2.05) is 48.7 Å². The van der Waals surface area contributed by atoms with Crippen molar-refractivity contribution >= 4 is 29.3 Å². The number of rotatable bonds is 7. The first-order valence-corrected chi connectivity index (χ1v) is 9.99. The molecule has 0 radical (unpaired) electrons. The van der Waals surface area contributed by atoms with Gasteiger partial charge in [-0.25, -0.2) is 0 Å². The van der Waals surface area contributed by atoms with Crippen molar-refractivity contribution in [2.75, 3.05) is 12.3 Å². The summed E-state index contributed by atoms with van der Waals surface area (Å²) in [4.78, 5) is 16.1. The molecule has 1 amide bonds. The molecule has 0 fully saturated rings. The van der Waals surface area contributed by atoms with Gasteiger partial charge in [0.25, 0.3) is 0 Å². The van der Waals surface area contributed by atoms with Crippen molar-refractivity contribution in [2.45, 2.75) is 25.4 Å². The van der Waals surface area contributed by atoms with Crippen LogP contribution in [0.3, 0.4) is 0 Å². The molecule has 0 saturated carbocycles. The topological polar surface area (TPSA) is 72.7 Å². The molecule has 27 heavy (non-hydrogen) atoms. The lowest BCUT2D eigenvalue weighted by Gasteiger charge is -2.13. The van der Waals surface area contributed by atoms with Crippen LogP contribution in [-0.2, 0) is 4.79 Å². The Bertz CT molecular complexity index is 929. The minimum atomic E-state index is -0.0234. The van der Waals surface area contributed by atoms with Crippen LogP contribution in [0.25, 0.3) is 17.1 Å². The van der Waals surface area contributed by atoms with E-state index in [1.165, 1.54) is 11.8 Å². The number of pyridine rings is 1. The lowest BCUT2D eigenvalue weighted by atomic mass is 10.2. The molecule has 0 saturated heterocycles. The van der Waals surface area contributed by atoms with E-state index in [1.54, 1.807) is 12.4 Å². The number of carbonyl (C=O) groups excluding carboxylic acids is 1. The van der Waals surface area contributed by atoms with Crippen LogP contribution in [0, 0.1) is 6.92 Å². The van der Waals surface area contributed by atoms with Crippen LogP contribution in [0.4, 0.5) is 0 Å². The summed E-state index contributed by atoms with van der Waals surface area (Å²) in [5, 5.41) is 12.9. The summed E-state index contributed by atoms with van der Waals surface area (Å²) in [5.74, 6) is 0.928. The van der Waals surface area contributed by atoms with Crippen molar-refractivity contribution in [2.24, 2.45) is 0 Å². The summed E-state index contributed by atoms with van der Waals surface area (Å²) in [7, 11) is 0. The number of nitrogens with one attached hydrogen (secondary N) is 1. The van der Waals surface area contributed by atoms with Crippen LogP contribution in [0.2, 0.25) is 5.02 Å². The quantitative estimate of drug-likeness (QED) is 0.607. The normalized spacial score (nSPS) is 10.8. The molecule has 8 heteroatoms. The highest BCUT2D eigenvalue weighted by Gasteiger charge is 2.19. The van der Waals surface area contributed by atoms with Gasteiger partial charge in [-0.1, -0.05) is 36.4 Å². The Balaban J connectivity index is 2.00. The highest BCUT2D eigenvalue weighted by atomic mass is 35.5. The van der Waals surface area contributed by atoms with E-state index in [-0.39, 0.29) is 11.7 Å². The summed E-state index contributed by atoms with van der Waals surface area (Å²) in [6.45, 7) is 4.64. The van der Waals surface area contributed by atoms with Crippen LogP contribution in [-0.4, -0.2) is 38.0 Å². The molecule has 140 valence electrons. The molecule has 3 aromatic rings. The largest absolute Gasteiger partial charge is 0.355 e. The maximum absolute atomic E-state index is 12.0. The first kappa shape index (κ1) is 19.4. The molecular formula is C19H20ClN5OS. The Hall–Kier alpha value is -2.38. The van der Waals surface area contributed by atoms with Crippen LogP contribution in [0.15, 0.2) is 47.9 Å². The SMILES string of the molecule is CCCNC(=O)CSc1nnc(-c2ccncc2)n1-c1cccc(Cl)c1C. The van der Waals surface area contributed by atoms with Crippen LogP contribution in [0.1, 0.15) is 18.9 Å². The summed E-state index contributed by atoms with van der Waals surface area (Å²) in [5.41, 5.74) is 2.70. The van der Waals surface area contributed by atoms with Crippen molar-refractivity contribution in [1.82, 2.24) is 25.1 Å². The molecule has 0 aliphatic rings. The summed E-state index contributed by atoms with van der Waals surface area (Å²) in [6.07, 6.45) is 4.33. The summed E-state index contributed by atoms with van der Waals surface area (Å²) < 4.78 is 1.94. The highest BCUT2D eigenvalue weighted by molar-refractivity contribution is 7.99. The van der Waals surface area contributed by atoms with E-state index in [4.69, 9.17) is 11.6 Å². The smallest absolute Gasteiger partial charge is 0.230 e. The van der Waals surface area contributed by atoms with Gasteiger partial charge in [0.2, 0.25) is 5.91 Å². The molecule has 1 aromatic carbocycles. The number of hydrogen-bond donors (Lipinski definition) is 1. The minimum Gasteiger partial charge on any atom is -0.355 e. The fraction of sp³-hybridized carbons (Fsp3) is 0.263. The van der Waals surface area contributed by atoms with Crippen molar-refractivity contribution < 1.29 is 4.79 Å². The van der Waals surface area contributed by atoms with Crippen molar-refractivity contribution in [1.29, 1.82) is 0 Å². The molecule has 0 aliphatic heterocycles. The Morgan fingerprint density at radius 1 is 1.22 bits per heavy atom. The summed E-state index contributed by atoms with van der Waals surface area (Å²) >= 11 is 7.68. The second-order valence-electron chi connectivity index (χ2n) is 5.90. The molecule has 1 N–H and O–H groups in total. The number of aromatic nitrogens is 4. The van der Waals surface area contributed by atoms with Crippen LogP contribution < -0.4 is 5.32 Å². The van der Waals surface area contributed by atoms with Gasteiger partial charge in [0.1, 0.15) is 0 Å². The first-order chi connectivity index (χ1) is 13.1. The van der Waals surface area contributed by atoms with Crippen molar-refractivity contribution in [3.05, 3.63) is 53.3 Å². The van der Waals surface area contributed by atoms with E-state index < -0.39 is 0 Å². The van der Waals surface area contributed by atoms with Gasteiger partial charge < -0.3 is 5.32 Å². The van der Waals surface area contributed by atoms with Gasteiger partial charge in [0.15, 0.2) is 11.0 Å². The maximum atomic E-state index is 12.0. The molecule has 2 heterocycles. The second-order valence-corrected chi connectivity index (χ2v) is 7.25. The molecule has 2 aromatic heterocycles.